The van der Waals surface area contributed by atoms with E-state index in [1.807, 2.05) is 6.07 Å². The molecule has 1 aromatic carbocycles. The van der Waals surface area contributed by atoms with Crippen molar-refractivity contribution in [2.45, 2.75) is 31.1 Å². The van der Waals surface area contributed by atoms with Crippen molar-refractivity contribution in [3.8, 4) is 0 Å². The molecule has 0 bridgehead atoms. The van der Waals surface area contributed by atoms with E-state index in [-0.39, 0.29) is 32.1 Å². The zero-order valence-corrected chi connectivity index (χ0v) is 17.7. The van der Waals surface area contributed by atoms with Gasteiger partial charge in [-0.2, -0.15) is 4.31 Å². The highest BCUT2D eigenvalue weighted by molar-refractivity contribution is 7.89. The predicted molar refractivity (Wildman–Crippen MR) is 107 cm³/mol. The van der Waals surface area contributed by atoms with Crippen LogP contribution in [0.5, 0.6) is 0 Å². The summed E-state index contributed by atoms with van der Waals surface area (Å²) in [6.07, 6.45) is 3.13. The molecule has 1 unspecified atom stereocenters. The smallest absolute Gasteiger partial charge is 0.264 e. The Bertz CT molecular complexity index is 1040. The molecule has 2 aromatic rings. The van der Waals surface area contributed by atoms with Gasteiger partial charge in [-0.3, -0.25) is 4.79 Å². The first-order chi connectivity index (χ1) is 13.8. The highest BCUT2D eigenvalue weighted by Gasteiger charge is 2.33. The fraction of sp³-hybridized carbons (Fsp3) is 0.450. The van der Waals surface area contributed by atoms with Crippen molar-refractivity contribution in [2.24, 2.45) is 5.92 Å². The molecule has 29 heavy (non-hydrogen) atoms. The monoisotopic (exact) mass is 440 g/mol. The highest BCUT2D eigenvalue weighted by Crippen LogP contribution is 2.33. The van der Waals surface area contributed by atoms with Gasteiger partial charge in [0.05, 0.1) is 4.88 Å². The van der Waals surface area contributed by atoms with Crippen molar-refractivity contribution in [3.05, 3.63) is 51.2 Å². The summed E-state index contributed by atoms with van der Waals surface area (Å²) in [5.74, 6) is -1.39. The number of sulfonamides is 1. The molecule has 0 saturated carbocycles. The van der Waals surface area contributed by atoms with Gasteiger partial charge < -0.3 is 4.90 Å². The lowest BCUT2D eigenvalue weighted by Crippen LogP contribution is -2.50. The first-order valence-electron chi connectivity index (χ1n) is 9.62. The van der Waals surface area contributed by atoms with Crippen LogP contribution in [0.15, 0.2) is 29.2 Å². The maximum absolute atomic E-state index is 14.0. The predicted octanol–water partition coefficient (Wildman–Crippen LogP) is 3.30. The van der Waals surface area contributed by atoms with Crippen LogP contribution < -0.4 is 0 Å². The summed E-state index contributed by atoms with van der Waals surface area (Å²) in [7, 11) is -4.08. The van der Waals surface area contributed by atoms with Gasteiger partial charge in [0.2, 0.25) is 10.0 Å². The van der Waals surface area contributed by atoms with E-state index in [9.17, 15) is 22.0 Å². The van der Waals surface area contributed by atoms with Gasteiger partial charge in [-0.25, -0.2) is 17.2 Å². The number of fused-ring (bicyclic) bond motifs is 1. The zero-order valence-electron chi connectivity index (χ0n) is 16.0. The Morgan fingerprint density at radius 1 is 1.14 bits per heavy atom. The quantitative estimate of drug-likeness (QED) is 0.736. The number of halogens is 2. The Labute approximate surface area is 173 Å². The van der Waals surface area contributed by atoms with Crippen molar-refractivity contribution in [3.63, 3.8) is 0 Å². The standard InChI is InChI=1S/C20H22F2N2O3S2/c1-13-2-4-17-14(10-13)11-18(28-17)20(25)23-6-8-24(9-7-23)29(26,27)19-5-3-15(21)12-16(19)22/h3,5,11-13H,2,4,6-10H2,1H3. The number of carbonyl (C=O) groups is 1. The van der Waals surface area contributed by atoms with Gasteiger partial charge in [0.1, 0.15) is 16.5 Å². The number of aryl methyl sites for hydroxylation is 1. The lowest BCUT2D eigenvalue weighted by atomic mass is 9.90. The topological polar surface area (TPSA) is 57.7 Å². The maximum atomic E-state index is 14.0. The number of amides is 1. The molecule has 2 heterocycles. The summed E-state index contributed by atoms with van der Waals surface area (Å²) in [5.41, 5.74) is 1.25. The Hall–Kier alpha value is -1.84. The Kier molecular flexibility index (Phi) is 5.48. The molecule has 0 N–H and O–H groups in total. The third-order valence-corrected chi connectivity index (χ3v) is 8.73. The van der Waals surface area contributed by atoms with Gasteiger partial charge in [0.25, 0.3) is 5.91 Å². The van der Waals surface area contributed by atoms with Crippen LogP contribution in [0.2, 0.25) is 0 Å². The number of thiophene rings is 1. The highest BCUT2D eigenvalue weighted by atomic mass is 32.2. The van der Waals surface area contributed by atoms with E-state index in [1.54, 1.807) is 4.90 Å². The van der Waals surface area contributed by atoms with Crippen molar-refractivity contribution in [2.75, 3.05) is 26.2 Å². The summed E-state index contributed by atoms with van der Waals surface area (Å²) in [5, 5.41) is 0. The summed E-state index contributed by atoms with van der Waals surface area (Å²) in [6, 6.07) is 4.41. The van der Waals surface area contributed by atoms with E-state index in [0.29, 0.717) is 16.9 Å². The summed E-state index contributed by atoms with van der Waals surface area (Å²) in [6.45, 7) is 2.84. The fourth-order valence-corrected chi connectivity index (χ4v) is 6.57. The summed E-state index contributed by atoms with van der Waals surface area (Å²) in [4.78, 5) is 16.0. The van der Waals surface area contributed by atoms with E-state index >= 15 is 0 Å². The second-order valence-electron chi connectivity index (χ2n) is 7.68. The Balaban J connectivity index is 1.45. The van der Waals surface area contributed by atoms with Gasteiger partial charge in [-0.1, -0.05) is 6.92 Å². The number of carbonyl (C=O) groups excluding carboxylic acids is 1. The number of nitrogens with zero attached hydrogens (tertiary/aromatic N) is 2. The first kappa shape index (κ1) is 20.4. The average molecular weight is 441 g/mol. The number of benzene rings is 1. The number of hydrogen-bond acceptors (Lipinski definition) is 4. The molecule has 1 atom stereocenters. The molecule has 9 heteroatoms. The SMILES string of the molecule is CC1CCc2sc(C(=O)N3CCN(S(=O)(=O)c4ccc(F)cc4F)CC3)cc2C1. The van der Waals surface area contributed by atoms with Gasteiger partial charge in [0.15, 0.2) is 0 Å². The van der Waals surface area contributed by atoms with E-state index < -0.39 is 26.6 Å². The van der Waals surface area contributed by atoms with E-state index in [0.717, 1.165) is 35.7 Å². The van der Waals surface area contributed by atoms with Crippen LogP contribution in [0.25, 0.3) is 0 Å². The van der Waals surface area contributed by atoms with Crippen molar-refractivity contribution >= 4 is 27.3 Å². The molecule has 5 nitrogen and oxygen atoms in total. The lowest BCUT2D eigenvalue weighted by molar-refractivity contribution is 0.0702. The van der Waals surface area contributed by atoms with Crippen LogP contribution in [0.3, 0.4) is 0 Å². The number of piperazine rings is 1. The third-order valence-electron chi connectivity index (χ3n) is 5.58. The van der Waals surface area contributed by atoms with Crippen LogP contribution >= 0.6 is 11.3 Å². The minimum Gasteiger partial charge on any atom is -0.335 e. The maximum Gasteiger partial charge on any atom is 0.264 e. The Morgan fingerprint density at radius 2 is 1.86 bits per heavy atom. The second kappa shape index (κ2) is 7.77. The molecule has 0 spiro atoms. The van der Waals surface area contributed by atoms with Crippen molar-refractivity contribution in [1.82, 2.24) is 9.21 Å². The first-order valence-corrected chi connectivity index (χ1v) is 11.9. The zero-order chi connectivity index (χ0) is 20.8. The molecule has 1 aliphatic heterocycles. The number of hydrogen-bond donors (Lipinski definition) is 0. The molecular weight excluding hydrogens is 418 g/mol. The minimum absolute atomic E-state index is 0.0764. The van der Waals surface area contributed by atoms with E-state index in [4.69, 9.17) is 0 Å². The average Bonchev–Trinajstić information content (AvgIpc) is 3.10. The summed E-state index contributed by atoms with van der Waals surface area (Å²) < 4.78 is 53.6. The fourth-order valence-electron chi connectivity index (χ4n) is 3.92. The van der Waals surface area contributed by atoms with Crippen LogP contribution in [-0.2, 0) is 22.9 Å². The molecule has 0 radical (unpaired) electrons. The molecule has 2 aliphatic rings. The Morgan fingerprint density at radius 3 is 2.55 bits per heavy atom. The van der Waals surface area contributed by atoms with Gasteiger partial charge in [-0.05, 0) is 48.9 Å². The van der Waals surface area contributed by atoms with Crippen LogP contribution in [0.1, 0.15) is 33.5 Å². The van der Waals surface area contributed by atoms with Crippen LogP contribution in [0.4, 0.5) is 8.78 Å². The molecule has 1 amide bonds. The molecule has 1 fully saturated rings. The lowest BCUT2D eigenvalue weighted by Gasteiger charge is -2.33. The van der Waals surface area contributed by atoms with Crippen molar-refractivity contribution < 1.29 is 22.0 Å². The third kappa shape index (κ3) is 3.95. The minimum atomic E-state index is -4.08. The second-order valence-corrected chi connectivity index (χ2v) is 10.7. The largest absolute Gasteiger partial charge is 0.335 e. The van der Waals surface area contributed by atoms with Crippen LogP contribution in [0, 0.1) is 17.6 Å². The van der Waals surface area contributed by atoms with Crippen molar-refractivity contribution in [1.29, 1.82) is 0 Å². The van der Waals surface area contributed by atoms with Gasteiger partial charge in [-0.15, -0.1) is 11.3 Å². The van der Waals surface area contributed by atoms with E-state index in [1.165, 1.54) is 21.8 Å². The molecule has 1 aliphatic carbocycles. The molecule has 1 aromatic heterocycles. The van der Waals surface area contributed by atoms with Gasteiger partial charge >= 0.3 is 0 Å². The van der Waals surface area contributed by atoms with Crippen LogP contribution in [-0.4, -0.2) is 49.7 Å². The number of rotatable bonds is 3. The summed E-state index contributed by atoms with van der Waals surface area (Å²) >= 11 is 1.54. The molecule has 156 valence electrons. The molecular formula is C20H22F2N2O3S2. The van der Waals surface area contributed by atoms with E-state index in [2.05, 4.69) is 6.92 Å². The molecule has 4 rings (SSSR count). The normalized spacial score (nSPS) is 20.5. The van der Waals surface area contributed by atoms with Gasteiger partial charge in [0, 0.05) is 37.1 Å². The molecule has 1 saturated heterocycles.